The molecule has 7 heteroatoms. The average Bonchev–Trinajstić information content (AvgIpc) is 3.02. The van der Waals surface area contributed by atoms with E-state index in [9.17, 15) is 14.4 Å². The fraction of sp³-hybridized carbons (Fsp3) is 0.286. The molecule has 0 saturated heterocycles. The molecule has 1 aliphatic heterocycles. The van der Waals surface area contributed by atoms with E-state index in [-0.39, 0.29) is 5.91 Å². The number of fused-ring (bicyclic) bond motifs is 2. The predicted octanol–water partition coefficient (Wildman–Crippen LogP) is 2.45. The molecule has 0 spiro atoms. The van der Waals surface area contributed by atoms with Crippen molar-refractivity contribution in [3.63, 3.8) is 0 Å². The first-order chi connectivity index (χ1) is 13.6. The Kier molecular flexibility index (Phi) is 4.73. The van der Waals surface area contributed by atoms with Crippen LogP contribution >= 0.6 is 0 Å². The van der Waals surface area contributed by atoms with Gasteiger partial charge in [0.15, 0.2) is 5.58 Å². The van der Waals surface area contributed by atoms with Gasteiger partial charge in [0.25, 0.3) is 0 Å². The quantitative estimate of drug-likeness (QED) is 0.736. The molecule has 0 fully saturated rings. The van der Waals surface area contributed by atoms with Gasteiger partial charge in [0, 0.05) is 30.8 Å². The number of carbonyl (C=O) groups excluding carboxylic acids is 2. The topological polar surface area (TPSA) is 98.5 Å². The summed E-state index contributed by atoms with van der Waals surface area (Å²) in [5.41, 5.74) is 8.83. The van der Waals surface area contributed by atoms with Crippen LogP contribution < -0.4 is 16.4 Å². The van der Waals surface area contributed by atoms with E-state index in [2.05, 4.69) is 0 Å². The first-order valence-corrected chi connectivity index (χ1v) is 9.36. The highest BCUT2D eigenvalue weighted by atomic mass is 16.4. The SMILES string of the molecule is NC(=O)c1cccc2c1CCCN2C(=O)CCCn1c(=O)oc2ccccc21. The summed E-state index contributed by atoms with van der Waals surface area (Å²) < 4.78 is 6.78. The van der Waals surface area contributed by atoms with Crippen LogP contribution in [0.25, 0.3) is 11.1 Å². The second kappa shape index (κ2) is 7.34. The third kappa shape index (κ3) is 3.19. The smallest absolute Gasteiger partial charge is 0.408 e. The van der Waals surface area contributed by atoms with E-state index in [1.165, 1.54) is 0 Å². The van der Waals surface area contributed by atoms with E-state index in [1.54, 1.807) is 27.7 Å². The van der Waals surface area contributed by atoms with Gasteiger partial charge in [-0.05, 0) is 49.1 Å². The lowest BCUT2D eigenvalue weighted by molar-refractivity contribution is -0.118. The molecule has 28 heavy (non-hydrogen) atoms. The number of para-hydroxylation sites is 2. The zero-order valence-electron chi connectivity index (χ0n) is 15.4. The number of hydrogen-bond donors (Lipinski definition) is 1. The molecule has 0 radical (unpaired) electrons. The van der Waals surface area contributed by atoms with Crippen molar-refractivity contribution in [2.75, 3.05) is 11.4 Å². The minimum Gasteiger partial charge on any atom is -0.408 e. The van der Waals surface area contributed by atoms with Gasteiger partial charge in [-0.25, -0.2) is 4.79 Å². The van der Waals surface area contributed by atoms with Gasteiger partial charge in [-0.3, -0.25) is 14.2 Å². The van der Waals surface area contributed by atoms with Crippen molar-refractivity contribution in [3.05, 3.63) is 64.1 Å². The highest BCUT2D eigenvalue weighted by Crippen LogP contribution is 2.30. The monoisotopic (exact) mass is 379 g/mol. The molecule has 4 rings (SSSR count). The number of hydrogen-bond acceptors (Lipinski definition) is 4. The van der Waals surface area contributed by atoms with E-state index in [1.807, 2.05) is 24.3 Å². The standard InChI is InChI=1S/C21H21N3O4/c22-20(26)15-6-3-9-16-14(15)7-4-12-23(16)19(25)11-5-13-24-17-8-1-2-10-18(17)28-21(24)27/h1-3,6,8-10H,4-5,7,11-13H2,(H2,22,26). The Hall–Kier alpha value is -3.35. The molecule has 0 saturated carbocycles. The normalized spacial score (nSPS) is 13.5. The number of aromatic nitrogens is 1. The van der Waals surface area contributed by atoms with Gasteiger partial charge < -0.3 is 15.1 Å². The number of amides is 2. The molecule has 2 N–H and O–H groups in total. The van der Waals surface area contributed by atoms with Crippen molar-refractivity contribution in [1.29, 1.82) is 0 Å². The first kappa shape index (κ1) is 18.0. The Morgan fingerprint density at radius 1 is 1.11 bits per heavy atom. The summed E-state index contributed by atoms with van der Waals surface area (Å²) >= 11 is 0. The maximum Gasteiger partial charge on any atom is 0.419 e. The molecule has 2 heterocycles. The van der Waals surface area contributed by atoms with Gasteiger partial charge in [0.2, 0.25) is 11.8 Å². The molecule has 0 unspecified atom stereocenters. The van der Waals surface area contributed by atoms with Gasteiger partial charge >= 0.3 is 5.76 Å². The Bertz CT molecular complexity index is 1110. The fourth-order valence-corrected chi connectivity index (χ4v) is 3.86. The zero-order chi connectivity index (χ0) is 19.7. The molecular formula is C21H21N3O4. The van der Waals surface area contributed by atoms with Crippen LogP contribution in [0.1, 0.15) is 35.2 Å². The summed E-state index contributed by atoms with van der Waals surface area (Å²) in [5.74, 6) is -0.913. The molecule has 2 amide bonds. The number of primary amides is 1. The van der Waals surface area contributed by atoms with Crippen molar-refractivity contribution < 1.29 is 14.0 Å². The van der Waals surface area contributed by atoms with E-state index >= 15 is 0 Å². The maximum absolute atomic E-state index is 12.8. The van der Waals surface area contributed by atoms with Crippen LogP contribution in [-0.4, -0.2) is 22.9 Å². The van der Waals surface area contributed by atoms with Crippen LogP contribution in [0.3, 0.4) is 0 Å². The second-order valence-corrected chi connectivity index (χ2v) is 6.91. The summed E-state index contributed by atoms with van der Waals surface area (Å²) in [4.78, 5) is 38.2. The van der Waals surface area contributed by atoms with E-state index in [0.29, 0.717) is 37.1 Å². The molecule has 3 aromatic rings. The van der Waals surface area contributed by atoms with Gasteiger partial charge in [-0.2, -0.15) is 0 Å². The van der Waals surface area contributed by atoms with Crippen molar-refractivity contribution in [1.82, 2.24) is 4.57 Å². The number of benzene rings is 2. The van der Waals surface area contributed by atoms with Crippen molar-refractivity contribution in [2.45, 2.75) is 32.2 Å². The number of anilines is 1. The highest BCUT2D eigenvalue weighted by molar-refractivity contribution is 6.00. The third-order valence-electron chi connectivity index (χ3n) is 5.16. The van der Waals surface area contributed by atoms with Crippen molar-refractivity contribution in [2.24, 2.45) is 5.73 Å². The summed E-state index contributed by atoms with van der Waals surface area (Å²) in [6.45, 7) is 1.02. The third-order valence-corrected chi connectivity index (χ3v) is 5.16. The van der Waals surface area contributed by atoms with Gasteiger partial charge in [0.1, 0.15) is 0 Å². The summed E-state index contributed by atoms with van der Waals surface area (Å²) in [6.07, 6.45) is 2.33. The maximum atomic E-state index is 12.8. The second-order valence-electron chi connectivity index (χ2n) is 6.91. The molecule has 1 aromatic heterocycles. The minimum absolute atomic E-state index is 0.0246. The van der Waals surface area contributed by atoms with Crippen LogP contribution in [0, 0.1) is 0 Å². The lowest BCUT2D eigenvalue weighted by Crippen LogP contribution is -2.36. The molecule has 0 atom stereocenters. The van der Waals surface area contributed by atoms with Crippen LogP contribution in [0.15, 0.2) is 51.7 Å². The number of oxazole rings is 1. The predicted molar refractivity (Wildman–Crippen MR) is 105 cm³/mol. The fourth-order valence-electron chi connectivity index (χ4n) is 3.86. The Morgan fingerprint density at radius 2 is 1.93 bits per heavy atom. The molecule has 0 bridgehead atoms. The summed E-state index contributed by atoms with van der Waals surface area (Å²) in [6, 6.07) is 12.5. The lowest BCUT2D eigenvalue weighted by atomic mass is 9.95. The van der Waals surface area contributed by atoms with Gasteiger partial charge in [-0.15, -0.1) is 0 Å². The Balaban J connectivity index is 1.48. The van der Waals surface area contributed by atoms with Crippen molar-refractivity contribution in [3.8, 4) is 0 Å². The Labute approximate surface area is 161 Å². The zero-order valence-corrected chi connectivity index (χ0v) is 15.4. The minimum atomic E-state index is -0.475. The molecular weight excluding hydrogens is 358 g/mol. The summed E-state index contributed by atoms with van der Waals surface area (Å²) in [5, 5.41) is 0. The number of rotatable bonds is 5. The van der Waals surface area contributed by atoms with E-state index in [4.69, 9.17) is 10.2 Å². The van der Waals surface area contributed by atoms with Gasteiger partial charge in [0.05, 0.1) is 5.52 Å². The summed E-state index contributed by atoms with van der Waals surface area (Å²) in [7, 11) is 0. The van der Waals surface area contributed by atoms with Crippen LogP contribution in [0.4, 0.5) is 5.69 Å². The number of carbonyl (C=O) groups is 2. The molecule has 7 nitrogen and oxygen atoms in total. The Morgan fingerprint density at radius 3 is 2.75 bits per heavy atom. The lowest BCUT2D eigenvalue weighted by Gasteiger charge is -2.30. The molecule has 0 aliphatic carbocycles. The van der Waals surface area contributed by atoms with E-state index < -0.39 is 11.7 Å². The van der Waals surface area contributed by atoms with Crippen molar-refractivity contribution >= 4 is 28.6 Å². The highest BCUT2D eigenvalue weighted by Gasteiger charge is 2.25. The number of nitrogens with zero attached hydrogens (tertiary/aromatic N) is 2. The number of nitrogens with two attached hydrogens (primary N) is 1. The van der Waals surface area contributed by atoms with Crippen LogP contribution in [0.2, 0.25) is 0 Å². The molecule has 1 aliphatic rings. The number of aryl methyl sites for hydroxylation is 1. The van der Waals surface area contributed by atoms with E-state index in [0.717, 1.165) is 29.6 Å². The first-order valence-electron chi connectivity index (χ1n) is 9.36. The largest absolute Gasteiger partial charge is 0.419 e. The van der Waals surface area contributed by atoms with Crippen LogP contribution in [-0.2, 0) is 17.8 Å². The molecule has 144 valence electrons. The average molecular weight is 379 g/mol. The van der Waals surface area contributed by atoms with Gasteiger partial charge in [-0.1, -0.05) is 18.2 Å². The van der Waals surface area contributed by atoms with Crippen LogP contribution in [0.5, 0.6) is 0 Å². The molecule has 2 aromatic carbocycles.